The topological polar surface area (TPSA) is 26.0 Å². The minimum atomic E-state index is -0.163. The Morgan fingerprint density at radius 1 is 1.38 bits per heavy atom. The SMILES string of the molecule is CC(C)c1cc(F)ccc1CCN. The second-order valence-electron chi connectivity index (χ2n) is 3.54. The molecule has 72 valence electrons. The van der Waals surface area contributed by atoms with Crippen molar-refractivity contribution in [2.24, 2.45) is 5.73 Å². The molecule has 2 heteroatoms. The summed E-state index contributed by atoms with van der Waals surface area (Å²) in [5.41, 5.74) is 7.71. The van der Waals surface area contributed by atoms with Crippen molar-refractivity contribution >= 4 is 0 Å². The van der Waals surface area contributed by atoms with Crippen LogP contribution in [0.1, 0.15) is 30.9 Å². The van der Waals surface area contributed by atoms with Crippen molar-refractivity contribution in [1.82, 2.24) is 0 Å². The van der Waals surface area contributed by atoms with Gasteiger partial charge in [-0.2, -0.15) is 0 Å². The molecule has 0 saturated heterocycles. The summed E-state index contributed by atoms with van der Waals surface area (Å²) in [5, 5.41) is 0. The summed E-state index contributed by atoms with van der Waals surface area (Å²) in [6, 6.07) is 4.93. The van der Waals surface area contributed by atoms with Crippen molar-refractivity contribution in [2.75, 3.05) is 6.54 Å². The zero-order chi connectivity index (χ0) is 9.84. The van der Waals surface area contributed by atoms with Crippen molar-refractivity contribution in [3.8, 4) is 0 Å². The van der Waals surface area contributed by atoms with Crippen LogP contribution in [0.25, 0.3) is 0 Å². The fourth-order valence-electron chi connectivity index (χ4n) is 1.49. The first-order chi connectivity index (χ1) is 6.15. The van der Waals surface area contributed by atoms with Crippen LogP contribution in [0.2, 0.25) is 0 Å². The number of rotatable bonds is 3. The van der Waals surface area contributed by atoms with Crippen molar-refractivity contribution in [1.29, 1.82) is 0 Å². The van der Waals surface area contributed by atoms with Gasteiger partial charge in [0.25, 0.3) is 0 Å². The highest BCUT2D eigenvalue weighted by atomic mass is 19.1. The Bertz CT molecular complexity index is 281. The number of halogens is 1. The van der Waals surface area contributed by atoms with Gasteiger partial charge in [0.1, 0.15) is 5.82 Å². The standard InChI is InChI=1S/C11H16FN/c1-8(2)11-7-10(12)4-3-9(11)5-6-13/h3-4,7-8H,5-6,13H2,1-2H3. The third kappa shape index (κ3) is 2.52. The van der Waals surface area contributed by atoms with Crippen LogP contribution in [0.4, 0.5) is 4.39 Å². The van der Waals surface area contributed by atoms with Gasteiger partial charge in [-0.1, -0.05) is 19.9 Å². The average molecular weight is 181 g/mol. The van der Waals surface area contributed by atoms with Gasteiger partial charge < -0.3 is 5.73 Å². The largest absolute Gasteiger partial charge is 0.330 e. The van der Waals surface area contributed by atoms with Crippen LogP contribution in [-0.2, 0) is 6.42 Å². The van der Waals surface area contributed by atoms with Gasteiger partial charge in [-0.3, -0.25) is 0 Å². The molecule has 1 nitrogen and oxygen atoms in total. The molecule has 0 amide bonds. The van der Waals surface area contributed by atoms with Crippen LogP contribution in [0.3, 0.4) is 0 Å². The minimum absolute atomic E-state index is 0.163. The zero-order valence-corrected chi connectivity index (χ0v) is 8.18. The summed E-state index contributed by atoms with van der Waals surface area (Å²) in [4.78, 5) is 0. The molecule has 1 aromatic carbocycles. The van der Waals surface area contributed by atoms with Gasteiger partial charge in [0.05, 0.1) is 0 Å². The van der Waals surface area contributed by atoms with Gasteiger partial charge in [-0.15, -0.1) is 0 Å². The lowest BCUT2D eigenvalue weighted by atomic mass is 9.95. The van der Waals surface area contributed by atoms with Gasteiger partial charge in [0.15, 0.2) is 0 Å². The van der Waals surface area contributed by atoms with E-state index >= 15 is 0 Å². The first-order valence-electron chi connectivity index (χ1n) is 4.63. The summed E-state index contributed by atoms with van der Waals surface area (Å²) < 4.78 is 12.9. The molecule has 0 aliphatic carbocycles. The van der Waals surface area contributed by atoms with Gasteiger partial charge in [-0.05, 0) is 42.1 Å². The molecule has 0 aromatic heterocycles. The van der Waals surface area contributed by atoms with Gasteiger partial charge >= 0.3 is 0 Å². The van der Waals surface area contributed by atoms with E-state index < -0.39 is 0 Å². The first-order valence-corrected chi connectivity index (χ1v) is 4.63. The highest BCUT2D eigenvalue weighted by Crippen LogP contribution is 2.20. The van der Waals surface area contributed by atoms with E-state index in [-0.39, 0.29) is 5.82 Å². The molecule has 0 fully saturated rings. The monoisotopic (exact) mass is 181 g/mol. The average Bonchev–Trinajstić information content (AvgIpc) is 2.08. The zero-order valence-electron chi connectivity index (χ0n) is 8.18. The van der Waals surface area contributed by atoms with E-state index in [1.165, 1.54) is 11.6 Å². The molecule has 2 N–H and O–H groups in total. The molecule has 0 aliphatic heterocycles. The fourth-order valence-corrected chi connectivity index (χ4v) is 1.49. The maximum atomic E-state index is 12.9. The third-order valence-electron chi connectivity index (χ3n) is 2.14. The molecule has 0 saturated carbocycles. The molecule has 0 atom stereocenters. The van der Waals surface area contributed by atoms with Gasteiger partial charge in [0.2, 0.25) is 0 Å². The maximum Gasteiger partial charge on any atom is 0.123 e. The Hall–Kier alpha value is -0.890. The lowest BCUT2D eigenvalue weighted by Gasteiger charge is -2.11. The first kappa shape index (κ1) is 10.2. The lowest BCUT2D eigenvalue weighted by molar-refractivity contribution is 0.621. The molecule has 0 bridgehead atoms. The number of nitrogens with two attached hydrogens (primary N) is 1. The van der Waals surface area contributed by atoms with Crippen LogP contribution >= 0.6 is 0 Å². The third-order valence-corrected chi connectivity index (χ3v) is 2.14. The van der Waals surface area contributed by atoms with E-state index in [4.69, 9.17) is 5.73 Å². The minimum Gasteiger partial charge on any atom is -0.330 e. The van der Waals surface area contributed by atoms with Gasteiger partial charge in [-0.25, -0.2) is 4.39 Å². The maximum absolute atomic E-state index is 12.9. The van der Waals surface area contributed by atoms with E-state index in [9.17, 15) is 4.39 Å². The number of benzene rings is 1. The summed E-state index contributed by atoms with van der Waals surface area (Å²) >= 11 is 0. The van der Waals surface area contributed by atoms with E-state index in [1.807, 2.05) is 6.07 Å². The predicted octanol–water partition coefficient (Wildman–Crippen LogP) is 2.45. The molecule has 1 rings (SSSR count). The Kier molecular flexibility index (Phi) is 3.43. The van der Waals surface area contributed by atoms with Crippen LogP contribution in [-0.4, -0.2) is 6.54 Å². The van der Waals surface area contributed by atoms with Crippen LogP contribution in [0.15, 0.2) is 18.2 Å². The second-order valence-corrected chi connectivity index (χ2v) is 3.54. The molecular formula is C11H16FN. The van der Waals surface area contributed by atoms with E-state index in [2.05, 4.69) is 13.8 Å². The normalized spacial score (nSPS) is 10.8. The molecule has 13 heavy (non-hydrogen) atoms. The van der Waals surface area contributed by atoms with E-state index in [0.29, 0.717) is 12.5 Å². The smallest absolute Gasteiger partial charge is 0.123 e. The highest BCUT2D eigenvalue weighted by molar-refractivity contribution is 5.30. The van der Waals surface area contributed by atoms with Gasteiger partial charge in [0, 0.05) is 0 Å². The molecule has 1 aromatic rings. The van der Waals surface area contributed by atoms with Crippen LogP contribution in [0, 0.1) is 5.82 Å². The van der Waals surface area contributed by atoms with Crippen molar-refractivity contribution in [3.63, 3.8) is 0 Å². The lowest BCUT2D eigenvalue weighted by Crippen LogP contribution is -2.06. The number of hydrogen-bond donors (Lipinski definition) is 1. The molecule has 0 unspecified atom stereocenters. The summed E-state index contributed by atoms with van der Waals surface area (Å²) in [5.74, 6) is 0.196. The summed E-state index contributed by atoms with van der Waals surface area (Å²) in [6.45, 7) is 4.74. The molecule has 0 aliphatic rings. The summed E-state index contributed by atoms with van der Waals surface area (Å²) in [6.07, 6.45) is 0.827. The Morgan fingerprint density at radius 3 is 2.62 bits per heavy atom. The van der Waals surface area contributed by atoms with Crippen LogP contribution < -0.4 is 5.73 Å². The van der Waals surface area contributed by atoms with Crippen molar-refractivity contribution < 1.29 is 4.39 Å². The molecule has 0 radical (unpaired) electrons. The van der Waals surface area contributed by atoms with Crippen LogP contribution in [0.5, 0.6) is 0 Å². The fraction of sp³-hybridized carbons (Fsp3) is 0.455. The molecule has 0 heterocycles. The van der Waals surface area contributed by atoms with Crippen molar-refractivity contribution in [3.05, 3.63) is 35.1 Å². The second kappa shape index (κ2) is 4.38. The van der Waals surface area contributed by atoms with Crippen molar-refractivity contribution in [2.45, 2.75) is 26.2 Å². The quantitative estimate of drug-likeness (QED) is 0.761. The Labute approximate surface area is 78.8 Å². The number of hydrogen-bond acceptors (Lipinski definition) is 1. The Morgan fingerprint density at radius 2 is 2.08 bits per heavy atom. The predicted molar refractivity (Wildman–Crippen MR) is 53.2 cm³/mol. The highest BCUT2D eigenvalue weighted by Gasteiger charge is 2.06. The van der Waals surface area contributed by atoms with E-state index in [0.717, 1.165) is 12.0 Å². The summed E-state index contributed by atoms with van der Waals surface area (Å²) in [7, 11) is 0. The molecular weight excluding hydrogens is 165 g/mol. The van der Waals surface area contributed by atoms with E-state index in [1.54, 1.807) is 6.07 Å². The Balaban J connectivity index is 3.03. The molecule has 0 spiro atoms.